The third-order valence-corrected chi connectivity index (χ3v) is 4.26. The highest BCUT2D eigenvalue weighted by atomic mass is 15.2. The lowest BCUT2D eigenvalue weighted by Crippen LogP contribution is -2.38. The van der Waals surface area contributed by atoms with Crippen molar-refractivity contribution in [2.45, 2.75) is 25.7 Å². The zero-order chi connectivity index (χ0) is 14.5. The molecule has 1 aliphatic rings. The second-order valence-electron chi connectivity index (χ2n) is 5.79. The third kappa shape index (κ3) is 3.19. The third-order valence-electron chi connectivity index (χ3n) is 4.26. The van der Waals surface area contributed by atoms with E-state index in [0.717, 1.165) is 18.8 Å². The number of hydrogen-bond acceptors (Lipinski definition) is 4. The molecule has 0 saturated heterocycles. The lowest BCUT2D eigenvalue weighted by atomic mass is 9.65. The molecule has 1 aliphatic carbocycles. The topological polar surface area (TPSA) is 61.6 Å². The molecular formula is C17H18N4. The lowest BCUT2D eigenvalue weighted by Gasteiger charge is -2.42. The van der Waals surface area contributed by atoms with Crippen LogP contribution in [-0.4, -0.2) is 16.7 Å². The van der Waals surface area contributed by atoms with Crippen LogP contribution in [0.25, 0.3) is 0 Å². The fourth-order valence-electron chi connectivity index (χ4n) is 2.89. The summed E-state index contributed by atoms with van der Waals surface area (Å²) in [5, 5.41) is 20.0. The molecule has 0 bridgehead atoms. The molecule has 3 rings (SSSR count). The Kier molecular flexibility index (Phi) is 3.83. The molecule has 0 radical (unpaired) electrons. The molecule has 4 nitrogen and oxygen atoms in total. The quantitative estimate of drug-likeness (QED) is 0.912. The van der Waals surface area contributed by atoms with Gasteiger partial charge in [0, 0.05) is 6.54 Å². The van der Waals surface area contributed by atoms with Crippen molar-refractivity contribution in [2.24, 2.45) is 5.41 Å². The SMILES string of the molecule is N#Cc1ccc(NCC2(Cc3ccccc3)CCC2)nn1. The van der Waals surface area contributed by atoms with E-state index >= 15 is 0 Å². The van der Waals surface area contributed by atoms with Crippen LogP contribution in [0.15, 0.2) is 42.5 Å². The number of hydrogen-bond donors (Lipinski definition) is 1. The molecule has 1 saturated carbocycles. The van der Waals surface area contributed by atoms with Crippen LogP contribution in [0.5, 0.6) is 0 Å². The number of anilines is 1. The molecule has 0 amide bonds. The average Bonchev–Trinajstić information content (AvgIpc) is 2.51. The van der Waals surface area contributed by atoms with Crippen LogP contribution >= 0.6 is 0 Å². The Balaban J connectivity index is 1.63. The molecule has 21 heavy (non-hydrogen) atoms. The van der Waals surface area contributed by atoms with Crippen molar-refractivity contribution >= 4 is 5.82 Å². The zero-order valence-electron chi connectivity index (χ0n) is 11.9. The number of aromatic nitrogens is 2. The molecular weight excluding hydrogens is 260 g/mol. The van der Waals surface area contributed by atoms with Gasteiger partial charge in [0.2, 0.25) is 0 Å². The van der Waals surface area contributed by atoms with Crippen molar-refractivity contribution in [3.05, 3.63) is 53.7 Å². The summed E-state index contributed by atoms with van der Waals surface area (Å²) in [6.45, 7) is 0.905. The van der Waals surface area contributed by atoms with Gasteiger partial charge in [0.15, 0.2) is 5.69 Å². The monoisotopic (exact) mass is 278 g/mol. The summed E-state index contributed by atoms with van der Waals surface area (Å²) < 4.78 is 0. The molecule has 1 aromatic heterocycles. The first kappa shape index (κ1) is 13.6. The van der Waals surface area contributed by atoms with Crippen molar-refractivity contribution in [3.63, 3.8) is 0 Å². The first-order valence-corrected chi connectivity index (χ1v) is 7.31. The predicted octanol–water partition coefficient (Wildman–Crippen LogP) is 3.17. The molecule has 106 valence electrons. The van der Waals surface area contributed by atoms with Crippen LogP contribution in [0.4, 0.5) is 5.82 Å². The summed E-state index contributed by atoms with van der Waals surface area (Å²) in [6, 6.07) is 16.1. The van der Waals surface area contributed by atoms with Crippen molar-refractivity contribution < 1.29 is 0 Å². The van der Waals surface area contributed by atoms with Crippen LogP contribution in [0, 0.1) is 16.7 Å². The normalized spacial score (nSPS) is 15.8. The van der Waals surface area contributed by atoms with Gasteiger partial charge in [-0.1, -0.05) is 36.8 Å². The van der Waals surface area contributed by atoms with E-state index in [9.17, 15) is 0 Å². The minimum Gasteiger partial charge on any atom is -0.368 e. The van der Waals surface area contributed by atoms with E-state index in [0.29, 0.717) is 11.1 Å². The molecule has 1 fully saturated rings. The van der Waals surface area contributed by atoms with E-state index < -0.39 is 0 Å². The Bertz CT molecular complexity index is 624. The van der Waals surface area contributed by atoms with E-state index in [1.165, 1.54) is 24.8 Å². The van der Waals surface area contributed by atoms with Crippen LogP contribution in [-0.2, 0) is 6.42 Å². The van der Waals surface area contributed by atoms with Gasteiger partial charge in [0.1, 0.15) is 11.9 Å². The lowest BCUT2D eigenvalue weighted by molar-refractivity contribution is 0.151. The number of rotatable bonds is 5. The highest BCUT2D eigenvalue weighted by Crippen LogP contribution is 2.43. The highest BCUT2D eigenvalue weighted by molar-refractivity contribution is 5.36. The van der Waals surface area contributed by atoms with Gasteiger partial charge in [-0.05, 0) is 42.4 Å². The van der Waals surface area contributed by atoms with Crippen LogP contribution in [0.1, 0.15) is 30.5 Å². The second-order valence-corrected chi connectivity index (χ2v) is 5.79. The van der Waals surface area contributed by atoms with Crippen molar-refractivity contribution in [2.75, 3.05) is 11.9 Å². The van der Waals surface area contributed by atoms with Crippen LogP contribution < -0.4 is 5.32 Å². The second kappa shape index (κ2) is 5.92. The molecule has 2 aromatic rings. The van der Waals surface area contributed by atoms with E-state index in [2.05, 4.69) is 45.8 Å². The molecule has 0 atom stereocenters. The van der Waals surface area contributed by atoms with Gasteiger partial charge in [-0.15, -0.1) is 10.2 Å². The van der Waals surface area contributed by atoms with E-state index in [1.807, 2.05) is 12.1 Å². The molecule has 1 heterocycles. The fourth-order valence-corrected chi connectivity index (χ4v) is 2.89. The van der Waals surface area contributed by atoms with Gasteiger partial charge in [-0.3, -0.25) is 0 Å². The summed E-state index contributed by atoms with van der Waals surface area (Å²) in [4.78, 5) is 0. The standard InChI is InChI=1S/C17H18N4/c18-12-15-7-8-16(21-20-15)19-13-17(9-4-10-17)11-14-5-2-1-3-6-14/h1-3,5-8H,4,9-11,13H2,(H,19,21). The van der Waals surface area contributed by atoms with Gasteiger partial charge < -0.3 is 5.32 Å². The summed E-state index contributed by atoms with van der Waals surface area (Å²) in [5.74, 6) is 0.744. The fraction of sp³-hybridized carbons (Fsp3) is 0.353. The Labute approximate surface area is 124 Å². The Morgan fingerprint density at radius 1 is 1.10 bits per heavy atom. The minimum absolute atomic E-state index is 0.330. The van der Waals surface area contributed by atoms with Gasteiger partial charge in [0.05, 0.1) is 0 Å². The van der Waals surface area contributed by atoms with Crippen molar-refractivity contribution in [1.82, 2.24) is 10.2 Å². The predicted molar refractivity (Wildman–Crippen MR) is 81.7 cm³/mol. The molecule has 4 heteroatoms. The van der Waals surface area contributed by atoms with Gasteiger partial charge in [-0.25, -0.2) is 0 Å². The molecule has 1 aromatic carbocycles. The van der Waals surface area contributed by atoms with Gasteiger partial charge >= 0.3 is 0 Å². The smallest absolute Gasteiger partial charge is 0.163 e. The van der Waals surface area contributed by atoms with Crippen molar-refractivity contribution in [3.8, 4) is 6.07 Å². The maximum Gasteiger partial charge on any atom is 0.163 e. The average molecular weight is 278 g/mol. The summed E-state index contributed by atoms with van der Waals surface area (Å²) in [7, 11) is 0. The summed E-state index contributed by atoms with van der Waals surface area (Å²) >= 11 is 0. The first-order chi connectivity index (χ1) is 10.3. The first-order valence-electron chi connectivity index (χ1n) is 7.31. The molecule has 0 aliphatic heterocycles. The maximum absolute atomic E-state index is 8.73. The Morgan fingerprint density at radius 2 is 1.90 bits per heavy atom. The molecule has 0 spiro atoms. The summed E-state index contributed by atoms with van der Waals surface area (Å²) in [6.07, 6.45) is 4.90. The number of benzene rings is 1. The number of nitriles is 1. The van der Waals surface area contributed by atoms with Gasteiger partial charge in [-0.2, -0.15) is 5.26 Å². The van der Waals surface area contributed by atoms with Crippen LogP contribution in [0.3, 0.4) is 0 Å². The largest absolute Gasteiger partial charge is 0.368 e. The minimum atomic E-state index is 0.330. The van der Waals surface area contributed by atoms with E-state index in [1.54, 1.807) is 6.07 Å². The molecule has 0 unspecified atom stereocenters. The van der Waals surface area contributed by atoms with E-state index in [4.69, 9.17) is 5.26 Å². The highest BCUT2D eigenvalue weighted by Gasteiger charge is 2.36. The van der Waals surface area contributed by atoms with Gasteiger partial charge in [0.25, 0.3) is 0 Å². The van der Waals surface area contributed by atoms with E-state index in [-0.39, 0.29) is 0 Å². The maximum atomic E-state index is 8.73. The zero-order valence-corrected chi connectivity index (χ0v) is 11.9. The Morgan fingerprint density at radius 3 is 2.48 bits per heavy atom. The number of nitrogens with one attached hydrogen (secondary N) is 1. The Hall–Kier alpha value is -2.41. The van der Waals surface area contributed by atoms with Crippen molar-refractivity contribution in [1.29, 1.82) is 5.26 Å². The summed E-state index contributed by atoms with van der Waals surface area (Å²) in [5.41, 5.74) is 2.07. The molecule has 1 N–H and O–H groups in total. The van der Waals surface area contributed by atoms with Crippen LogP contribution in [0.2, 0.25) is 0 Å². The number of nitrogens with zero attached hydrogens (tertiary/aromatic N) is 3.